The van der Waals surface area contributed by atoms with Gasteiger partial charge >= 0.3 is 6.03 Å². The van der Waals surface area contributed by atoms with Crippen LogP contribution in [0.2, 0.25) is 0 Å². The lowest BCUT2D eigenvalue weighted by molar-refractivity contribution is 0.262. The molecule has 1 aromatic heterocycles. The Morgan fingerprint density at radius 2 is 1.88 bits per heavy atom. The van der Waals surface area contributed by atoms with Crippen LogP contribution in [-0.4, -0.2) is 36.4 Å². The monoisotopic (exact) mass is 349 g/mol. The van der Waals surface area contributed by atoms with Crippen LogP contribution in [0.5, 0.6) is 5.75 Å². The Hall–Kier alpha value is -2.35. The number of para-hydroxylation sites is 2. The molecule has 0 bridgehead atoms. The van der Waals surface area contributed by atoms with Gasteiger partial charge in [-0.15, -0.1) is 10.2 Å². The van der Waals surface area contributed by atoms with E-state index in [1.165, 1.54) is 11.3 Å². The maximum atomic E-state index is 12.1. The molecule has 0 saturated carbocycles. The van der Waals surface area contributed by atoms with Crippen molar-refractivity contribution in [1.82, 2.24) is 10.2 Å². The topological polar surface area (TPSA) is 79.4 Å². The highest BCUT2D eigenvalue weighted by atomic mass is 32.1. The highest BCUT2D eigenvalue weighted by Crippen LogP contribution is 2.26. The Bertz CT molecular complexity index is 655. The average Bonchev–Trinajstić information content (AvgIpc) is 3.03. The summed E-state index contributed by atoms with van der Waals surface area (Å²) in [5.74, 6) is 0.600. The zero-order chi connectivity index (χ0) is 17.4. The first-order valence-electron chi connectivity index (χ1n) is 7.97. The third kappa shape index (κ3) is 4.82. The van der Waals surface area contributed by atoms with E-state index in [0.29, 0.717) is 16.6 Å². The van der Waals surface area contributed by atoms with Gasteiger partial charge in [-0.2, -0.15) is 0 Å². The van der Waals surface area contributed by atoms with Crippen LogP contribution in [0.4, 0.5) is 20.7 Å². The zero-order valence-corrected chi connectivity index (χ0v) is 15.0. The van der Waals surface area contributed by atoms with Crippen LogP contribution in [0.25, 0.3) is 0 Å². The van der Waals surface area contributed by atoms with Crippen molar-refractivity contribution in [2.24, 2.45) is 0 Å². The molecule has 1 heterocycles. The number of rotatable bonds is 8. The van der Waals surface area contributed by atoms with Crippen molar-refractivity contribution in [3.05, 3.63) is 24.3 Å². The smallest absolute Gasteiger partial charge is 0.325 e. The molecule has 0 fully saturated rings. The number of amides is 2. The summed E-state index contributed by atoms with van der Waals surface area (Å²) < 4.78 is 5.21. The fourth-order valence-electron chi connectivity index (χ4n) is 2.24. The van der Waals surface area contributed by atoms with Crippen molar-refractivity contribution < 1.29 is 9.53 Å². The molecule has 1 aromatic carbocycles. The quantitative estimate of drug-likeness (QED) is 0.757. The number of carbonyl (C=O) groups excluding carboxylic acids is 1. The molecule has 0 aliphatic heterocycles. The number of hydrogen-bond acceptors (Lipinski definition) is 6. The van der Waals surface area contributed by atoms with Gasteiger partial charge in [0.15, 0.2) is 0 Å². The van der Waals surface area contributed by atoms with Crippen LogP contribution in [0.1, 0.15) is 26.7 Å². The standard InChI is InChI=1S/C16H23N5O2S/c1-4-10-21(11-5-2)16-20-19-15(24-16)18-14(22)17-12-8-6-7-9-13(12)23-3/h6-9H,4-5,10-11H2,1-3H3,(H2,17,18,19,22). The number of benzene rings is 1. The summed E-state index contributed by atoms with van der Waals surface area (Å²) in [7, 11) is 1.56. The molecule has 0 aliphatic carbocycles. The third-order valence-corrected chi connectivity index (χ3v) is 4.15. The highest BCUT2D eigenvalue weighted by Gasteiger charge is 2.14. The zero-order valence-electron chi connectivity index (χ0n) is 14.2. The van der Waals surface area contributed by atoms with Crippen LogP contribution in [-0.2, 0) is 0 Å². The van der Waals surface area contributed by atoms with Crippen LogP contribution in [0, 0.1) is 0 Å². The minimum Gasteiger partial charge on any atom is -0.495 e. The summed E-state index contributed by atoms with van der Waals surface area (Å²) in [4.78, 5) is 14.3. The van der Waals surface area contributed by atoms with Crippen molar-refractivity contribution in [1.29, 1.82) is 0 Å². The van der Waals surface area contributed by atoms with Gasteiger partial charge in [-0.1, -0.05) is 37.3 Å². The van der Waals surface area contributed by atoms with Crippen LogP contribution >= 0.6 is 11.3 Å². The number of carbonyl (C=O) groups is 1. The van der Waals surface area contributed by atoms with Gasteiger partial charge in [-0.3, -0.25) is 5.32 Å². The first-order valence-corrected chi connectivity index (χ1v) is 8.79. The minimum absolute atomic E-state index is 0.375. The molecular weight excluding hydrogens is 326 g/mol. The molecule has 0 atom stereocenters. The second-order valence-corrected chi connectivity index (χ2v) is 6.11. The van der Waals surface area contributed by atoms with E-state index in [1.807, 2.05) is 12.1 Å². The Kier molecular flexibility index (Phi) is 6.80. The maximum Gasteiger partial charge on any atom is 0.325 e. The molecule has 0 saturated heterocycles. The SMILES string of the molecule is CCCN(CCC)c1nnc(NC(=O)Nc2ccccc2OC)s1. The Morgan fingerprint density at radius 1 is 1.17 bits per heavy atom. The second-order valence-electron chi connectivity index (χ2n) is 5.16. The van der Waals surface area contributed by atoms with E-state index in [4.69, 9.17) is 4.74 Å². The number of aromatic nitrogens is 2. The summed E-state index contributed by atoms with van der Waals surface area (Å²) in [6.45, 7) is 6.11. The molecule has 24 heavy (non-hydrogen) atoms. The number of nitrogens with zero attached hydrogens (tertiary/aromatic N) is 3. The Balaban J connectivity index is 1.99. The Morgan fingerprint density at radius 3 is 2.54 bits per heavy atom. The molecule has 2 rings (SSSR count). The number of methoxy groups -OCH3 is 1. The van der Waals surface area contributed by atoms with Gasteiger partial charge in [0.2, 0.25) is 10.3 Å². The normalized spacial score (nSPS) is 10.3. The van der Waals surface area contributed by atoms with Crippen molar-refractivity contribution in [3.63, 3.8) is 0 Å². The first kappa shape index (κ1) is 18.0. The fourth-order valence-corrected chi connectivity index (χ4v) is 3.03. The number of hydrogen-bond donors (Lipinski definition) is 2. The molecule has 0 unspecified atom stereocenters. The summed E-state index contributed by atoms with van der Waals surface area (Å²) in [6, 6.07) is 6.85. The largest absolute Gasteiger partial charge is 0.495 e. The van der Waals surface area contributed by atoms with E-state index in [9.17, 15) is 4.79 Å². The first-order chi connectivity index (χ1) is 11.7. The van der Waals surface area contributed by atoms with Crippen LogP contribution < -0.4 is 20.3 Å². The lowest BCUT2D eigenvalue weighted by atomic mass is 10.3. The maximum absolute atomic E-state index is 12.1. The summed E-state index contributed by atoms with van der Waals surface area (Å²) in [5.41, 5.74) is 0.598. The molecular formula is C16H23N5O2S. The van der Waals surface area contributed by atoms with Crippen molar-refractivity contribution in [2.75, 3.05) is 35.7 Å². The van der Waals surface area contributed by atoms with E-state index in [1.54, 1.807) is 19.2 Å². The van der Waals surface area contributed by atoms with E-state index in [2.05, 4.69) is 39.6 Å². The lowest BCUT2D eigenvalue weighted by Crippen LogP contribution is -2.24. The molecule has 0 spiro atoms. The minimum atomic E-state index is -0.375. The van der Waals surface area contributed by atoms with E-state index >= 15 is 0 Å². The van der Waals surface area contributed by atoms with Crippen molar-refractivity contribution >= 4 is 33.3 Å². The summed E-state index contributed by atoms with van der Waals surface area (Å²) >= 11 is 1.37. The van der Waals surface area contributed by atoms with Crippen molar-refractivity contribution in [2.45, 2.75) is 26.7 Å². The lowest BCUT2D eigenvalue weighted by Gasteiger charge is -2.19. The van der Waals surface area contributed by atoms with Gasteiger partial charge in [0.1, 0.15) is 5.75 Å². The van der Waals surface area contributed by atoms with Crippen LogP contribution in [0.3, 0.4) is 0 Å². The van der Waals surface area contributed by atoms with Gasteiger partial charge in [0.05, 0.1) is 12.8 Å². The molecule has 8 heteroatoms. The molecule has 130 valence electrons. The number of anilines is 3. The molecule has 0 aliphatic rings. The van der Waals surface area contributed by atoms with Crippen molar-refractivity contribution in [3.8, 4) is 5.75 Å². The highest BCUT2D eigenvalue weighted by molar-refractivity contribution is 7.19. The third-order valence-electron chi connectivity index (χ3n) is 3.25. The van der Waals surface area contributed by atoms with Gasteiger partial charge in [-0.05, 0) is 25.0 Å². The fraction of sp³-hybridized carbons (Fsp3) is 0.438. The van der Waals surface area contributed by atoms with Gasteiger partial charge in [0, 0.05) is 13.1 Å². The second kappa shape index (κ2) is 9.07. The van der Waals surface area contributed by atoms with E-state index < -0.39 is 0 Å². The predicted molar refractivity (Wildman–Crippen MR) is 98.3 cm³/mol. The average molecular weight is 349 g/mol. The predicted octanol–water partition coefficient (Wildman–Crippen LogP) is 3.82. The number of ether oxygens (including phenoxy) is 1. The molecule has 2 aromatic rings. The summed E-state index contributed by atoms with van der Waals surface area (Å²) in [6.07, 6.45) is 2.08. The van der Waals surface area contributed by atoms with Gasteiger partial charge in [0.25, 0.3) is 0 Å². The molecule has 2 N–H and O–H groups in total. The Labute approximate surface area is 146 Å². The van der Waals surface area contributed by atoms with Gasteiger partial charge < -0.3 is 15.0 Å². The van der Waals surface area contributed by atoms with Gasteiger partial charge in [-0.25, -0.2) is 4.79 Å². The molecule has 2 amide bonds. The number of nitrogens with one attached hydrogen (secondary N) is 2. The molecule has 7 nitrogen and oxygen atoms in total. The summed E-state index contributed by atoms with van der Waals surface area (Å²) in [5, 5.41) is 15.0. The number of urea groups is 1. The van der Waals surface area contributed by atoms with E-state index in [0.717, 1.165) is 31.1 Å². The van der Waals surface area contributed by atoms with Crippen LogP contribution in [0.15, 0.2) is 24.3 Å². The van der Waals surface area contributed by atoms with E-state index in [-0.39, 0.29) is 6.03 Å². The molecule has 0 radical (unpaired) electrons.